The Balaban J connectivity index is 0.000000402. The Morgan fingerprint density at radius 2 is 0.348 bits per heavy atom. The van der Waals surface area contributed by atoms with Crippen LogP contribution in [-0.2, 0) is 0 Å². The Labute approximate surface area is 240 Å². The zero-order chi connectivity index (χ0) is 35.4. The van der Waals surface area contributed by atoms with Crippen LogP contribution >= 0.6 is 0 Å². The summed E-state index contributed by atoms with van der Waals surface area (Å²) in [6.45, 7) is 0.816. The van der Waals surface area contributed by atoms with Gasteiger partial charge in [0.1, 0.15) is 0 Å². The van der Waals surface area contributed by atoms with Gasteiger partial charge in [0, 0.05) is 22.3 Å². The predicted molar refractivity (Wildman–Crippen MR) is 111 cm³/mol. The van der Waals surface area contributed by atoms with E-state index in [2.05, 4.69) is 0 Å². The molecule has 0 bridgehead atoms. The van der Waals surface area contributed by atoms with Gasteiger partial charge in [-0.25, -0.2) is 87.8 Å². The van der Waals surface area contributed by atoms with Gasteiger partial charge in [-0.1, -0.05) is 0 Å². The van der Waals surface area contributed by atoms with Crippen molar-refractivity contribution in [2.75, 3.05) is 0 Å². The van der Waals surface area contributed by atoms with Crippen LogP contribution in [0.25, 0.3) is 0 Å². The molecule has 46 heavy (non-hydrogen) atoms. The average Bonchev–Trinajstić information content (AvgIpc) is 3.03. The number of halogens is 20. The molecule has 20 heteroatoms. The Bertz CT molecular complexity index is 1560. The van der Waals surface area contributed by atoms with Gasteiger partial charge in [-0.15, -0.1) is 0 Å². The van der Waals surface area contributed by atoms with E-state index in [1.807, 2.05) is 0 Å². The van der Waals surface area contributed by atoms with Gasteiger partial charge >= 0.3 is 0 Å². The summed E-state index contributed by atoms with van der Waals surface area (Å²) in [5.74, 6) is -58.7. The molecule has 4 rings (SSSR count). The van der Waals surface area contributed by atoms with E-state index in [-0.39, 0.29) is 0 Å². The van der Waals surface area contributed by atoms with Crippen LogP contribution in [0.4, 0.5) is 87.8 Å². The Morgan fingerprint density at radius 1 is 0.217 bits per heavy atom. The quantitative estimate of drug-likeness (QED) is 0.0867. The lowest BCUT2D eigenvalue weighted by atomic mass is 9.82. The monoisotopic (exact) mass is 696 g/mol. The van der Waals surface area contributed by atoms with Crippen LogP contribution in [0, 0.1) is 123 Å². The highest BCUT2D eigenvalue weighted by Gasteiger charge is 2.42. The summed E-state index contributed by atoms with van der Waals surface area (Å²) in [6, 6.07) is 0. The molecular weight excluding hydrogens is 692 g/mol. The van der Waals surface area contributed by atoms with Crippen molar-refractivity contribution in [3.63, 3.8) is 0 Å². The molecule has 4 aromatic rings. The average molecular weight is 696 g/mol. The fourth-order valence-electron chi connectivity index (χ4n) is 3.77. The third kappa shape index (κ3) is 5.46. The van der Waals surface area contributed by atoms with Gasteiger partial charge < -0.3 is 0 Å². The SMILES string of the molecule is Cc1c(F)c(F)c(F)c(F)c1F.Fc1c(F)c(F)c(C(c2c(F)c(F)c(F)c(F)c2F)c2c(F)c(F)c(F)c(F)c2F)c(F)c1F. The second-order valence-corrected chi connectivity index (χ2v) is 8.58. The lowest BCUT2D eigenvalue weighted by molar-refractivity contribution is 0.346. The van der Waals surface area contributed by atoms with E-state index in [1.165, 1.54) is 0 Å². The van der Waals surface area contributed by atoms with Crippen LogP contribution in [0.5, 0.6) is 0 Å². The molecule has 0 N–H and O–H groups in total. The summed E-state index contributed by atoms with van der Waals surface area (Å²) in [4.78, 5) is 0. The van der Waals surface area contributed by atoms with E-state index in [4.69, 9.17) is 0 Å². The highest BCUT2D eigenvalue weighted by Crippen LogP contribution is 2.44. The first-order valence-electron chi connectivity index (χ1n) is 11.1. The van der Waals surface area contributed by atoms with E-state index in [0.717, 1.165) is 6.92 Å². The second-order valence-electron chi connectivity index (χ2n) is 8.58. The molecule has 0 atom stereocenters. The summed E-state index contributed by atoms with van der Waals surface area (Å²) in [5.41, 5.74) is -8.90. The number of hydrogen-bond acceptors (Lipinski definition) is 0. The lowest BCUT2D eigenvalue weighted by Gasteiger charge is -2.23. The maximum Gasteiger partial charge on any atom is 0.200 e. The third-order valence-electron chi connectivity index (χ3n) is 6.03. The highest BCUT2D eigenvalue weighted by atomic mass is 19.2. The van der Waals surface area contributed by atoms with Gasteiger partial charge in [0.05, 0.1) is 5.92 Å². The smallest absolute Gasteiger partial charge is 0.200 e. The molecule has 0 unspecified atom stereocenters. The molecule has 0 nitrogen and oxygen atoms in total. The van der Waals surface area contributed by atoms with Crippen LogP contribution in [0.15, 0.2) is 0 Å². The zero-order valence-electron chi connectivity index (χ0n) is 21.1. The molecular formula is C26H4F20. The van der Waals surface area contributed by atoms with Crippen LogP contribution in [0.3, 0.4) is 0 Å². The van der Waals surface area contributed by atoms with Gasteiger partial charge in [0.15, 0.2) is 93.1 Å². The standard InChI is InChI=1S/C19HF15.C7H3F5/c20-5-2(6(21)12(27)17(32)11(5)26)1(3-7(22)13(28)18(33)14(29)8(3)23)4-9(24)15(30)19(34)16(31)10(4)25;1-2-3(8)5(10)7(12)6(11)4(2)9/h1H;1H3. The fourth-order valence-corrected chi connectivity index (χ4v) is 3.77. The summed E-state index contributed by atoms with van der Waals surface area (Å²) in [7, 11) is 0. The Morgan fingerprint density at radius 3 is 0.522 bits per heavy atom. The van der Waals surface area contributed by atoms with Gasteiger partial charge in [-0.2, -0.15) is 0 Å². The normalized spacial score (nSPS) is 11.3. The van der Waals surface area contributed by atoms with Crippen molar-refractivity contribution in [3.05, 3.63) is 139 Å². The first-order valence-corrected chi connectivity index (χ1v) is 11.1. The van der Waals surface area contributed by atoms with E-state index < -0.39 is 145 Å². The molecule has 0 aliphatic heterocycles. The molecule has 0 radical (unpaired) electrons. The van der Waals surface area contributed by atoms with Crippen molar-refractivity contribution in [2.45, 2.75) is 12.8 Å². The van der Waals surface area contributed by atoms with Crippen LogP contribution in [0.2, 0.25) is 0 Å². The predicted octanol–water partition coefficient (Wildman–Crippen LogP) is 9.64. The second kappa shape index (κ2) is 12.7. The Kier molecular flexibility index (Phi) is 9.93. The molecule has 0 aliphatic carbocycles. The summed E-state index contributed by atoms with van der Waals surface area (Å²) in [6.07, 6.45) is 0. The van der Waals surface area contributed by atoms with Crippen LogP contribution in [-0.4, -0.2) is 0 Å². The molecule has 0 heterocycles. The maximum absolute atomic E-state index is 14.4. The topological polar surface area (TPSA) is 0 Å². The number of hydrogen-bond donors (Lipinski definition) is 0. The molecule has 0 saturated carbocycles. The van der Waals surface area contributed by atoms with Gasteiger partial charge in [-0.3, -0.25) is 0 Å². The van der Waals surface area contributed by atoms with E-state index >= 15 is 0 Å². The van der Waals surface area contributed by atoms with Gasteiger partial charge in [0.25, 0.3) is 0 Å². The van der Waals surface area contributed by atoms with Crippen molar-refractivity contribution in [3.8, 4) is 0 Å². The van der Waals surface area contributed by atoms with Crippen molar-refractivity contribution in [1.29, 1.82) is 0 Å². The van der Waals surface area contributed by atoms with Crippen molar-refractivity contribution in [1.82, 2.24) is 0 Å². The summed E-state index contributed by atoms with van der Waals surface area (Å²) in [5, 5.41) is 0. The van der Waals surface area contributed by atoms with Gasteiger partial charge in [-0.05, 0) is 6.92 Å². The minimum Gasteiger partial charge on any atom is -0.203 e. The molecule has 0 saturated heterocycles. The molecule has 4 aromatic carbocycles. The summed E-state index contributed by atoms with van der Waals surface area (Å²) < 4.78 is 270. The molecule has 0 aliphatic rings. The summed E-state index contributed by atoms with van der Waals surface area (Å²) >= 11 is 0. The highest BCUT2D eigenvalue weighted by molar-refractivity contribution is 5.48. The zero-order valence-corrected chi connectivity index (χ0v) is 21.1. The third-order valence-corrected chi connectivity index (χ3v) is 6.03. The van der Waals surface area contributed by atoms with E-state index in [1.54, 1.807) is 0 Å². The lowest BCUT2D eigenvalue weighted by Crippen LogP contribution is -2.22. The molecule has 0 amide bonds. The molecule has 0 spiro atoms. The van der Waals surface area contributed by atoms with E-state index in [0.29, 0.717) is 0 Å². The van der Waals surface area contributed by atoms with Gasteiger partial charge in [0.2, 0.25) is 23.3 Å². The minimum atomic E-state index is -3.96. The minimum absolute atomic E-state index is 0.816. The molecule has 0 aromatic heterocycles. The molecule has 248 valence electrons. The van der Waals surface area contributed by atoms with Crippen molar-refractivity contribution < 1.29 is 87.8 Å². The molecule has 0 fully saturated rings. The van der Waals surface area contributed by atoms with Crippen LogP contribution < -0.4 is 0 Å². The fraction of sp³-hybridized carbons (Fsp3) is 0.0769. The number of rotatable bonds is 3. The number of benzene rings is 4. The first-order chi connectivity index (χ1) is 21.1. The maximum atomic E-state index is 14.4. The van der Waals surface area contributed by atoms with Crippen LogP contribution in [0.1, 0.15) is 28.2 Å². The Hall–Kier alpha value is -4.52. The first kappa shape index (κ1) is 36.0. The largest absolute Gasteiger partial charge is 0.203 e. The van der Waals surface area contributed by atoms with E-state index in [9.17, 15) is 87.8 Å². The van der Waals surface area contributed by atoms with Crippen molar-refractivity contribution in [2.24, 2.45) is 0 Å². The van der Waals surface area contributed by atoms with Crippen molar-refractivity contribution >= 4 is 0 Å².